The van der Waals surface area contributed by atoms with E-state index in [2.05, 4.69) is 39.0 Å². The van der Waals surface area contributed by atoms with Crippen molar-refractivity contribution in [3.8, 4) is 0 Å². The summed E-state index contributed by atoms with van der Waals surface area (Å²) in [5, 5.41) is 0. The molecule has 2 atom stereocenters. The molecule has 0 aromatic heterocycles. The van der Waals surface area contributed by atoms with Crippen LogP contribution in [0, 0.1) is 17.3 Å². The van der Waals surface area contributed by atoms with Gasteiger partial charge in [0.2, 0.25) is 0 Å². The van der Waals surface area contributed by atoms with Crippen LogP contribution in [0.2, 0.25) is 0 Å². The minimum Gasteiger partial charge on any atom is -0.295 e. The molecular formula is C15H24O. The second kappa shape index (κ2) is 4.99. The van der Waals surface area contributed by atoms with Gasteiger partial charge >= 0.3 is 0 Å². The first-order chi connectivity index (χ1) is 7.38. The van der Waals surface area contributed by atoms with Crippen molar-refractivity contribution in [2.45, 2.75) is 47.5 Å². The first-order valence-corrected chi connectivity index (χ1v) is 6.27. The zero-order valence-electron chi connectivity index (χ0n) is 11.2. The Morgan fingerprint density at radius 1 is 1.50 bits per heavy atom. The normalized spacial score (nSPS) is 29.2. The summed E-state index contributed by atoms with van der Waals surface area (Å²) in [4.78, 5) is 11.6. The van der Waals surface area contributed by atoms with Crippen molar-refractivity contribution < 1.29 is 4.79 Å². The molecule has 0 spiro atoms. The van der Waals surface area contributed by atoms with Crippen LogP contribution in [0.25, 0.3) is 0 Å². The van der Waals surface area contributed by atoms with Gasteiger partial charge in [0.25, 0.3) is 0 Å². The molecule has 2 unspecified atom stereocenters. The van der Waals surface area contributed by atoms with Gasteiger partial charge in [-0.2, -0.15) is 0 Å². The maximum absolute atomic E-state index is 11.6. The predicted octanol–water partition coefficient (Wildman–Crippen LogP) is 4.15. The fourth-order valence-electron chi connectivity index (χ4n) is 2.60. The summed E-state index contributed by atoms with van der Waals surface area (Å²) in [6, 6.07) is 0. The Balaban J connectivity index is 2.94. The maximum atomic E-state index is 11.6. The highest BCUT2D eigenvalue weighted by molar-refractivity contribution is 5.94. The quantitative estimate of drug-likeness (QED) is 0.516. The van der Waals surface area contributed by atoms with Crippen molar-refractivity contribution >= 4 is 5.78 Å². The number of carbonyl (C=O) groups is 1. The van der Waals surface area contributed by atoms with Gasteiger partial charge in [0, 0.05) is 6.42 Å². The standard InChI is InChI=1S/C15H24O/c1-6-14(16)12(3)10-13-11(2)8-7-9-15(13,4)5/h7,9-11,13H,6,8H2,1-5H3. The molecule has 0 saturated carbocycles. The third kappa shape index (κ3) is 2.84. The number of hydrogen-bond acceptors (Lipinski definition) is 1. The Labute approximate surface area is 99.6 Å². The van der Waals surface area contributed by atoms with Crippen LogP contribution < -0.4 is 0 Å². The lowest BCUT2D eigenvalue weighted by molar-refractivity contribution is -0.115. The molecule has 0 bridgehead atoms. The molecule has 0 fully saturated rings. The molecule has 1 rings (SSSR count). The fraction of sp³-hybridized carbons (Fsp3) is 0.667. The Morgan fingerprint density at radius 3 is 2.62 bits per heavy atom. The second-order valence-corrected chi connectivity index (χ2v) is 5.59. The molecule has 1 nitrogen and oxygen atoms in total. The highest BCUT2D eigenvalue weighted by Crippen LogP contribution is 2.41. The molecule has 0 saturated heterocycles. The number of carbonyl (C=O) groups excluding carboxylic acids is 1. The first-order valence-electron chi connectivity index (χ1n) is 6.27. The van der Waals surface area contributed by atoms with Gasteiger partial charge in [-0.15, -0.1) is 0 Å². The number of rotatable bonds is 3. The zero-order chi connectivity index (χ0) is 12.3. The SMILES string of the molecule is CCC(=O)C(C)=CC1C(C)CC=CC1(C)C. The Kier molecular flexibility index (Phi) is 4.12. The van der Waals surface area contributed by atoms with E-state index in [1.54, 1.807) is 0 Å². The van der Waals surface area contributed by atoms with Gasteiger partial charge in [-0.05, 0) is 36.2 Å². The van der Waals surface area contributed by atoms with E-state index >= 15 is 0 Å². The van der Waals surface area contributed by atoms with E-state index < -0.39 is 0 Å². The van der Waals surface area contributed by atoms with Crippen molar-refractivity contribution in [1.29, 1.82) is 0 Å². The van der Waals surface area contributed by atoms with E-state index in [1.807, 2.05) is 13.8 Å². The Bertz CT molecular complexity index is 320. The summed E-state index contributed by atoms with van der Waals surface area (Å²) in [5.74, 6) is 1.38. The van der Waals surface area contributed by atoms with E-state index in [9.17, 15) is 4.79 Å². The van der Waals surface area contributed by atoms with Crippen molar-refractivity contribution in [3.63, 3.8) is 0 Å². The van der Waals surface area contributed by atoms with E-state index in [4.69, 9.17) is 0 Å². The monoisotopic (exact) mass is 220 g/mol. The van der Waals surface area contributed by atoms with Crippen molar-refractivity contribution in [2.75, 3.05) is 0 Å². The minimum atomic E-state index is 0.174. The summed E-state index contributed by atoms with van der Waals surface area (Å²) in [6.07, 6.45) is 8.49. The molecule has 0 aliphatic heterocycles. The van der Waals surface area contributed by atoms with E-state index in [1.165, 1.54) is 0 Å². The predicted molar refractivity (Wildman–Crippen MR) is 69.2 cm³/mol. The van der Waals surface area contributed by atoms with E-state index in [-0.39, 0.29) is 11.2 Å². The molecule has 1 heteroatoms. The molecule has 1 aliphatic rings. The molecule has 0 amide bonds. The van der Waals surface area contributed by atoms with Gasteiger partial charge in [-0.3, -0.25) is 4.79 Å². The summed E-state index contributed by atoms with van der Waals surface area (Å²) in [6.45, 7) is 10.7. The van der Waals surface area contributed by atoms with E-state index in [0.29, 0.717) is 18.3 Å². The summed E-state index contributed by atoms with van der Waals surface area (Å²) in [7, 11) is 0. The zero-order valence-corrected chi connectivity index (χ0v) is 11.2. The average Bonchev–Trinajstić information content (AvgIpc) is 2.21. The van der Waals surface area contributed by atoms with E-state index in [0.717, 1.165) is 12.0 Å². The number of hydrogen-bond donors (Lipinski definition) is 0. The molecule has 0 radical (unpaired) electrons. The van der Waals surface area contributed by atoms with Gasteiger partial charge in [0.05, 0.1) is 0 Å². The van der Waals surface area contributed by atoms with Gasteiger partial charge in [-0.1, -0.05) is 45.9 Å². The third-order valence-corrected chi connectivity index (χ3v) is 3.72. The van der Waals surface area contributed by atoms with Gasteiger partial charge in [-0.25, -0.2) is 0 Å². The maximum Gasteiger partial charge on any atom is 0.157 e. The van der Waals surface area contributed by atoms with Crippen LogP contribution in [0.3, 0.4) is 0 Å². The van der Waals surface area contributed by atoms with Crippen molar-refractivity contribution in [3.05, 3.63) is 23.8 Å². The molecule has 0 heterocycles. The van der Waals surface area contributed by atoms with Gasteiger partial charge < -0.3 is 0 Å². The van der Waals surface area contributed by atoms with Gasteiger partial charge in [0.1, 0.15) is 0 Å². The third-order valence-electron chi connectivity index (χ3n) is 3.72. The van der Waals surface area contributed by atoms with Crippen molar-refractivity contribution in [1.82, 2.24) is 0 Å². The average molecular weight is 220 g/mol. The molecular weight excluding hydrogens is 196 g/mol. The summed E-state index contributed by atoms with van der Waals surface area (Å²) < 4.78 is 0. The smallest absolute Gasteiger partial charge is 0.157 e. The molecule has 0 aromatic rings. The van der Waals surface area contributed by atoms with Crippen LogP contribution in [0.5, 0.6) is 0 Å². The largest absolute Gasteiger partial charge is 0.295 e. The summed E-state index contributed by atoms with van der Waals surface area (Å²) >= 11 is 0. The lowest BCUT2D eigenvalue weighted by Gasteiger charge is -2.37. The van der Waals surface area contributed by atoms with Crippen LogP contribution in [-0.4, -0.2) is 5.78 Å². The highest BCUT2D eigenvalue weighted by Gasteiger charge is 2.32. The van der Waals surface area contributed by atoms with Crippen LogP contribution in [-0.2, 0) is 4.79 Å². The minimum absolute atomic E-state index is 0.174. The number of ketones is 1. The lowest BCUT2D eigenvalue weighted by atomic mass is 9.67. The van der Waals surface area contributed by atoms with Crippen LogP contribution >= 0.6 is 0 Å². The second-order valence-electron chi connectivity index (χ2n) is 5.59. The van der Waals surface area contributed by atoms with Crippen LogP contribution in [0.4, 0.5) is 0 Å². The molecule has 0 N–H and O–H groups in total. The lowest BCUT2D eigenvalue weighted by Crippen LogP contribution is -2.29. The van der Waals surface area contributed by atoms with Crippen LogP contribution in [0.15, 0.2) is 23.8 Å². The molecule has 90 valence electrons. The fourth-order valence-corrected chi connectivity index (χ4v) is 2.60. The molecule has 0 aromatic carbocycles. The first kappa shape index (κ1) is 13.2. The molecule has 1 aliphatic carbocycles. The Morgan fingerprint density at radius 2 is 2.12 bits per heavy atom. The Hall–Kier alpha value is -0.850. The summed E-state index contributed by atoms with van der Waals surface area (Å²) in [5.41, 5.74) is 1.11. The molecule has 16 heavy (non-hydrogen) atoms. The van der Waals surface area contributed by atoms with Crippen molar-refractivity contribution in [2.24, 2.45) is 17.3 Å². The highest BCUT2D eigenvalue weighted by atomic mass is 16.1. The van der Waals surface area contributed by atoms with Gasteiger partial charge in [0.15, 0.2) is 5.78 Å². The number of allylic oxidation sites excluding steroid dienone is 4. The van der Waals surface area contributed by atoms with Crippen LogP contribution in [0.1, 0.15) is 47.5 Å². The topological polar surface area (TPSA) is 17.1 Å². The number of Topliss-reactive ketones (excluding diaryl/α,β-unsaturated/α-hetero) is 1.